The second-order valence-corrected chi connectivity index (χ2v) is 11.6. The van der Waals surface area contributed by atoms with E-state index in [1.165, 1.54) is 28.0 Å². The number of benzene rings is 1. The Labute approximate surface area is 213 Å². The zero-order valence-corrected chi connectivity index (χ0v) is 22.2. The maximum Gasteiger partial charge on any atom is 0.235 e. The summed E-state index contributed by atoms with van der Waals surface area (Å²) in [5, 5.41) is 20.9. The highest BCUT2D eigenvalue weighted by atomic mass is 32.2. The molecular formula is C25H29N5O3S2. The van der Waals surface area contributed by atoms with Crippen LogP contribution in [0.1, 0.15) is 43.2 Å². The molecule has 1 atom stereocenters. The van der Waals surface area contributed by atoms with Gasteiger partial charge in [-0.1, -0.05) is 32.5 Å². The summed E-state index contributed by atoms with van der Waals surface area (Å²) in [7, 11) is 3.17. The molecule has 0 saturated heterocycles. The van der Waals surface area contributed by atoms with Crippen LogP contribution >= 0.6 is 23.1 Å². The average Bonchev–Trinajstić information content (AvgIpc) is 3.45. The van der Waals surface area contributed by atoms with Crippen molar-refractivity contribution in [3.05, 3.63) is 34.2 Å². The second-order valence-electron chi connectivity index (χ2n) is 9.53. The zero-order chi connectivity index (χ0) is 25.2. The fourth-order valence-electron chi connectivity index (χ4n) is 4.21. The minimum atomic E-state index is -0.188. The fourth-order valence-corrected chi connectivity index (χ4v) is 6.10. The molecule has 184 valence electrons. The van der Waals surface area contributed by atoms with Crippen LogP contribution in [0.3, 0.4) is 0 Å². The third kappa shape index (κ3) is 5.63. The van der Waals surface area contributed by atoms with Gasteiger partial charge in [0.1, 0.15) is 22.6 Å². The standard InChI is InChI=1S/C25H29N5O3S2/c1-25(2,3)15-6-7-18-19(12-26)23(35-20(18)10-15)27-21(31)13-34-24-28-22(29-30-24)14-8-16(32-4)11-17(9-14)33-5/h8-9,11,15H,6-7,10,13H2,1-5H3,(H,27,31)(H,28,29,30)/t15-/m0/s1. The number of thioether (sulfide) groups is 1. The Morgan fingerprint density at radius 2 is 2.00 bits per heavy atom. The summed E-state index contributed by atoms with van der Waals surface area (Å²) in [5.41, 5.74) is 2.71. The van der Waals surface area contributed by atoms with Gasteiger partial charge in [-0.3, -0.25) is 9.89 Å². The number of amides is 1. The predicted molar refractivity (Wildman–Crippen MR) is 138 cm³/mol. The molecule has 0 fully saturated rings. The van der Waals surface area contributed by atoms with Gasteiger partial charge < -0.3 is 14.8 Å². The van der Waals surface area contributed by atoms with E-state index in [2.05, 4.69) is 47.3 Å². The summed E-state index contributed by atoms with van der Waals surface area (Å²) < 4.78 is 10.6. The van der Waals surface area contributed by atoms with E-state index in [0.29, 0.717) is 39.0 Å². The van der Waals surface area contributed by atoms with E-state index in [0.717, 1.165) is 30.4 Å². The van der Waals surface area contributed by atoms with Crippen molar-refractivity contribution in [1.82, 2.24) is 15.2 Å². The highest BCUT2D eigenvalue weighted by Crippen LogP contribution is 2.44. The summed E-state index contributed by atoms with van der Waals surface area (Å²) >= 11 is 2.77. The van der Waals surface area contributed by atoms with Crippen molar-refractivity contribution in [1.29, 1.82) is 5.26 Å². The first-order valence-corrected chi connectivity index (χ1v) is 13.1. The number of nitrogens with one attached hydrogen (secondary N) is 2. The van der Waals surface area contributed by atoms with Crippen LogP contribution in [-0.2, 0) is 17.6 Å². The monoisotopic (exact) mass is 511 g/mol. The molecule has 3 aromatic rings. The van der Waals surface area contributed by atoms with Crippen LogP contribution in [0.4, 0.5) is 5.00 Å². The van der Waals surface area contributed by atoms with E-state index in [9.17, 15) is 10.1 Å². The van der Waals surface area contributed by atoms with Crippen LogP contribution in [0.15, 0.2) is 23.4 Å². The Morgan fingerprint density at radius 1 is 1.29 bits per heavy atom. The number of nitriles is 1. The number of carbonyl (C=O) groups excluding carboxylic acids is 1. The first kappa shape index (κ1) is 25.1. The van der Waals surface area contributed by atoms with Gasteiger partial charge in [0.25, 0.3) is 0 Å². The van der Waals surface area contributed by atoms with Gasteiger partial charge in [0, 0.05) is 16.5 Å². The Kier molecular flexibility index (Phi) is 7.38. The van der Waals surface area contributed by atoms with Gasteiger partial charge >= 0.3 is 0 Å². The summed E-state index contributed by atoms with van der Waals surface area (Å²) in [6, 6.07) is 7.75. The minimum absolute atomic E-state index is 0.136. The van der Waals surface area contributed by atoms with Crippen molar-refractivity contribution in [2.24, 2.45) is 11.3 Å². The van der Waals surface area contributed by atoms with E-state index >= 15 is 0 Å². The number of fused-ring (bicyclic) bond motifs is 1. The minimum Gasteiger partial charge on any atom is -0.497 e. The van der Waals surface area contributed by atoms with Crippen LogP contribution in [-0.4, -0.2) is 41.1 Å². The van der Waals surface area contributed by atoms with Gasteiger partial charge in [-0.25, -0.2) is 4.98 Å². The largest absolute Gasteiger partial charge is 0.497 e. The summed E-state index contributed by atoms with van der Waals surface area (Å²) in [6.45, 7) is 6.79. The molecule has 1 aliphatic carbocycles. The number of aromatic amines is 1. The molecule has 0 spiro atoms. The number of hydrogen-bond acceptors (Lipinski definition) is 8. The molecule has 2 heterocycles. The van der Waals surface area contributed by atoms with Crippen molar-refractivity contribution in [3.63, 3.8) is 0 Å². The maximum atomic E-state index is 12.7. The van der Waals surface area contributed by atoms with Gasteiger partial charge in [0.2, 0.25) is 11.1 Å². The molecule has 8 nitrogen and oxygen atoms in total. The number of H-pyrrole nitrogens is 1. The number of anilines is 1. The van der Waals surface area contributed by atoms with Crippen LogP contribution in [0.5, 0.6) is 11.5 Å². The molecule has 0 bridgehead atoms. The number of nitrogens with zero attached hydrogens (tertiary/aromatic N) is 3. The average molecular weight is 512 g/mol. The highest BCUT2D eigenvalue weighted by molar-refractivity contribution is 7.99. The molecule has 0 saturated carbocycles. The molecule has 1 aliphatic rings. The molecule has 0 aliphatic heterocycles. The van der Waals surface area contributed by atoms with Crippen LogP contribution < -0.4 is 14.8 Å². The molecule has 1 aromatic carbocycles. The zero-order valence-electron chi connectivity index (χ0n) is 20.5. The number of thiophene rings is 1. The Morgan fingerprint density at radius 3 is 2.63 bits per heavy atom. The topological polar surface area (TPSA) is 113 Å². The first-order chi connectivity index (χ1) is 16.7. The third-order valence-corrected chi connectivity index (χ3v) is 8.29. The van der Waals surface area contributed by atoms with Crippen LogP contribution in [0.25, 0.3) is 11.4 Å². The van der Waals surface area contributed by atoms with Crippen molar-refractivity contribution in [3.8, 4) is 29.0 Å². The van der Waals surface area contributed by atoms with Crippen LogP contribution in [0, 0.1) is 22.7 Å². The highest BCUT2D eigenvalue weighted by Gasteiger charge is 2.32. The van der Waals surface area contributed by atoms with Crippen molar-refractivity contribution in [2.45, 2.75) is 45.2 Å². The smallest absolute Gasteiger partial charge is 0.235 e. The molecule has 4 rings (SSSR count). The van der Waals surface area contributed by atoms with Gasteiger partial charge in [-0.2, -0.15) is 5.26 Å². The molecule has 2 N–H and O–H groups in total. The van der Waals surface area contributed by atoms with E-state index in [4.69, 9.17) is 9.47 Å². The quantitative estimate of drug-likeness (QED) is 0.414. The van der Waals surface area contributed by atoms with Crippen molar-refractivity contribution >= 4 is 34.0 Å². The molecule has 0 unspecified atom stereocenters. The van der Waals surface area contributed by atoms with E-state index in [1.807, 2.05) is 12.1 Å². The first-order valence-electron chi connectivity index (χ1n) is 11.3. The maximum absolute atomic E-state index is 12.7. The number of ether oxygens (including phenoxy) is 2. The number of rotatable bonds is 7. The molecule has 2 aromatic heterocycles. The normalized spacial score (nSPS) is 15.3. The van der Waals surface area contributed by atoms with Crippen LogP contribution in [0.2, 0.25) is 0 Å². The Bertz CT molecular complexity index is 1250. The molecule has 0 radical (unpaired) electrons. The predicted octanol–water partition coefficient (Wildman–Crippen LogP) is 5.30. The molecule has 1 amide bonds. The van der Waals surface area contributed by atoms with Gasteiger partial charge in [-0.05, 0) is 48.3 Å². The summed E-state index contributed by atoms with van der Waals surface area (Å²) in [5.74, 6) is 2.36. The van der Waals surface area contributed by atoms with Crippen molar-refractivity contribution in [2.75, 3.05) is 25.3 Å². The summed E-state index contributed by atoms with van der Waals surface area (Å²) in [6.07, 6.45) is 2.91. The molecule has 10 heteroatoms. The SMILES string of the molecule is COc1cc(OC)cc(-c2nc(SCC(=O)Nc3sc4c(c3C#N)CC[C@H](C(C)(C)C)C4)n[nH]2)c1. The van der Waals surface area contributed by atoms with E-state index in [1.54, 1.807) is 20.3 Å². The molecular weight excluding hydrogens is 482 g/mol. The lowest BCUT2D eigenvalue weighted by atomic mass is 9.72. The lowest BCUT2D eigenvalue weighted by molar-refractivity contribution is -0.113. The fraction of sp³-hybridized carbons (Fsp3) is 0.440. The lowest BCUT2D eigenvalue weighted by Gasteiger charge is -2.33. The van der Waals surface area contributed by atoms with Gasteiger partial charge in [0.15, 0.2) is 5.82 Å². The van der Waals surface area contributed by atoms with Gasteiger partial charge in [0.05, 0.1) is 25.5 Å². The number of carbonyl (C=O) groups is 1. The second kappa shape index (κ2) is 10.3. The number of aromatic nitrogens is 3. The Balaban J connectivity index is 1.41. The van der Waals surface area contributed by atoms with E-state index < -0.39 is 0 Å². The molecule has 35 heavy (non-hydrogen) atoms. The number of methoxy groups -OCH3 is 2. The van der Waals surface area contributed by atoms with E-state index in [-0.39, 0.29) is 17.1 Å². The number of hydrogen-bond donors (Lipinski definition) is 2. The van der Waals surface area contributed by atoms with Gasteiger partial charge in [-0.15, -0.1) is 16.4 Å². The van der Waals surface area contributed by atoms with Crippen molar-refractivity contribution < 1.29 is 14.3 Å². The Hall–Kier alpha value is -3.03. The summed E-state index contributed by atoms with van der Waals surface area (Å²) in [4.78, 5) is 18.4. The third-order valence-electron chi connectivity index (χ3n) is 6.28. The lowest BCUT2D eigenvalue weighted by Crippen LogP contribution is -2.26.